The number of ether oxygens (including phenoxy) is 1. The van der Waals surface area contributed by atoms with Gasteiger partial charge in [-0.2, -0.15) is 0 Å². The third kappa shape index (κ3) is 2.57. The SMILES string of the molecule is CNCc1cnc(N2CCCOc3ccccc32)s1. The van der Waals surface area contributed by atoms with Crippen molar-refractivity contribution in [1.82, 2.24) is 10.3 Å². The van der Waals surface area contributed by atoms with E-state index in [1.807, 2.05) is 31.4 Å². The number of nitrogens with one attached hydrogen (secondary N) is 1. The molecule has 19 heavy (non-hydrogen) atoms. The van der Waals surface area contributed by atoms with Gasteiger partial charge in [-0.25, -0.2) is 4.98 Å². The summed E-state index contributed by atoms with van der Waals surface area (Å²) in [5.74, 6) is 0.949. The standard InChI is InChI=1S/C14H17N3OS/c1-15-9-11-10-16-14(19-11)17-7-4-8-18-13-6-3-2-5-12(13)17/h2-3,5-6,10,15H,4,7-9H2,1H3. The second-order valence-corrected chi connectivity index (χ2v) is 5.55. The summed E-state index contributed by atoms with van der Waals surface area (Å²) in [5, 5.41) is 4.20. The van der Waals surface area contributed by atoms with Gasteiger partial charge in [0, 0.05) is 24.2 Å². The summed E-state index contributed by atoms with van der Waals surface area (Å²) in [6.07, 6.45) is 2.96. The molecule has 0 spiro atoms. The maximum atomic E-state index is 5.78. The van der Waals surface area contributed by atoms with E-state index in [0.29, 0.717) is 0 Å². The fraction of sp³-hybridized carbons (Fsp3) is 0.357. The Morgan fingerprint density at radius 1 is 1.42 bits per heavy atom. The maximum Gasteiger partial charge on any atom is 0.190 e. The first-order valence-electron chi connectivity index (χ1n) is 6.47. The van der Waals surface area contributed by atoms with Gasteiger partial charge in [0.05, 0.1) is 12.3 Å². The fourth-order valence-corrected chi connectivity index (χ4v) is 3.17. The Labute approximate surface area is 117 Å². The highest BCUT2D eigenvalue weighted by atomic mass is 32.1. The van der Waals surface area contributed by atoms with Gasteiger partial charge in [0.2, 0.25) is 0 Å². The molecule has 0 radical (unpaired) electrons. The summed E-state index contributed by atoms with van der Waals surface area (Å²) >= 11 is 1.73. The number of benzene rings is 1. The van der Waals surface area contributed by atoms with Crippen LogP contribution in [0.2, 0.25) is 0 Å². The van der Waals surface area contributed by atoms with E-state index in [1.54, 1.807) is 11.3 Å². The minimum atomic E-state index is 0.766. The monoisotopic (exact) mass is 275 g/mol. The number of hydrogen-bond donors (Lipinski definition) is 1. The zero-order chi connectivity index (χ0) is 13.1. The lowest BCUT2D eigenvalue weighted by Gasteiger charge is -2.20. The second-order valence-electron chi connectivity index (χ2n) is 4.46. The van der Waals surface area contributed by atoms with Gasteiger partial charge in [-0.15, -0.1) is 11.3 Å². The lowest BCUT2D eigenvalue weighted by atomic mass is 10.2. The Morgan fingerprint density at radius 2 is 2.32 bits per heavy atom. The Balaban J connectivity index is 1.94. The molecular weight excluding hydrogens is 258 g/mol. The lowest BCUT2D eigenvalue weighted by Crippen LogP contribution is -2.17. The highest BCUT2D eigenvalue weighted by Crippen LogP contribution is 2.37. The molecule has 3 rings (SSSR count). The van der Waals surface area contributed by atoms with Crippen molar-refractivity contribution in [2.24, 2.45) is 0 Å². The van der Waals surface area contributed by atoms with E-state index < -0.39 is 0 Å². The number of fused-ring (bicyclic) bond motifs is 1. The first kappa shape index (κ1) is 12.4. The first-order chi connectivity index (χ1) is 9.38. The van der Waals surface area contributed by atoms with Crippen LogP contribution in [0.4, 0.5) is 10.8 Å². The molecule has 1 N–H and O–H groups in total. The summed E-state index contributed by atoms with van der Waals surface area (Å²) in [6, 6.07) is 8.18. The first-order valence-corrected chi connectivity index (χ1v) is 7.29. The molecule has 1 aromatic carbocycles. The van der Waals surface area contributed by atoms with Crippen molar-refractivity contribution in [3.63, 3.8) is 0 Å². The van der Waals surface area contributed by atoms with Gasteiger partial charge < -0.3 is 15.0 Å². The topological polar surface area (TPSA) is 37.4 Å². The number of rotatable bonds is 3. The van der Waals surface area contributed by atoms with Crippen LogP contribution in [0.3, 0.4) is 0 Å². The fourth-order valence-electron chi connectivity index (χ4n) is 2.20. The molecule has 1 aliphatic heterocycles. The van der Waals surface area contributed by atoms with Gasteiger partial charge in [0.1, 0.15) is 5.75 Å². The molecule has 0 fully saturated rings. The van der Waals surface area contributed by atoms with Crippen molar-refractivity contribution in [3.8, 4) is 5.75 Å². The van der Waals surface area contributed by atoms with Crippen molar-refractivity contribution in [3.05, 3.63) is 35.3 Å². The molecule has 0 aliphatic carbocycles. The van der Waals surface area contributed by atoms with Crippen LogP contribution in [0.1, 0.15) is 11.3 Å². The van der Waals surface area contributed by atoms with Crippen LogP contribution < -0.4 is 15.0 Å². The van der Waals surface area contributed by atoms with Crippen molar-refractivity contribution in [2.75, 3.05) is 25.1 Å². The molecule has 0 atom stereocenters. The molecule has 2 aromatic rings. The van der Waals surface area contributed by atoms with Crippen molar-refractivity contribution in [2.45, 2.75) is 13.0 Å². The third-order valence-corrected chi connectivity index (χ3v) is 4.08. The molecule has 0 unspecified atom stereocenters. The Morgan fingerprint density at radius 3 is 3.21 bits per heavy atom. The number of aromatic nitrogens is 1. The number of nitrogens with zero attached hydrogens (tertiary/aromatic N) is 2. The van der Waals surface area contributed by atoms with Gasteiger partial charge in [0.25, 0.3) is 0 Å². The van der Waals surface area contributed by atoms with Crippen molar-refractivity contribution in [1.29, 1.82) is 0 Å². The summed E-state index contributed by atoms with van der Waals surface area (Å²) in [5.41, 5.74) is 1.12. The summed E-state index contributed by atoms with van der Waals surface area (Å²) in [7, 11) is 1.95. The predicted octanol–water partition coefficient (Wildman–Crippen LogP) is 2.78. The normalized spacial score (nSPS) is 14.7. The Hall–Kier alpha value is -1.59. The smallest absolute Gasteiger partial charge is 0.190 e. The van der Waals surface area contributed by atoms with Gasteiger partial charge in [-0.05, 0) is 25.6 Å². The number of para-hydroxylation sites is 2. The van der Waals surface area contributed by atoms with Crippen molar-refractivity contribution < 1.29 is 4.74 Å². The minimum Gasteiger partial charge on any atom is -0.491 e. The van der Waals surface area contributed by atoms with E-state index in [9.17, 15) is 0 Å². The van der Waals surface area contributed by atoms with Gasteiger partial charge in [-0.1, -0.05) is 12.1 Å². The average Bonchev–Trinajstić information content (AvgIpc) is 2.78. The predicted molar refractivity (Wildman–Crippen MR) is 78.4 cm³/mol. The summed E-state index contributed by atoms with van der Waals surface area (Å²) in [6.45, 7) is 2.58. The van der Waals surface area contributed by atoms with Crippen LogP contribution in [0.25, 0.3) is 0 Å². The third-order valence-electron chi connectivity index (χ3n) is 3.06. The van der Waals surface area contributed by atoms with Crippen LogP contribution in [0, 0.1) is 0 Å². The van der Waals surface area contributed by atoms with Crippen molar-refractivity contribution >= 4 is 22.2 Å². The van der Waals surface area contributed by atoms with Crippen LogP contribution in [0.15, 0.2) is 30.5 Å². The van der Waals surface area contributed by atoms with Gasteiger partial charge in [0.15, 0.2) is 5.13 Å². The van der Waals surface area contributed by atoms with E-state index in [2.05, 4.69) is 21.3 Å². The van der Waals surface area contributed by atoms with E-state index >= 15 is 0 Å². The lowest BCUT2D eigenvalue weighted by molar-refractivity contribution is 0.322. The average molecular weight is 275 g/mol. The van der Waals surface area contributed by atoms with E-state index in [0.717, 1.165) is 42.7 Å². The molecule has 5 heteroatoms. The van der Waals surface area contributed by atoms with E-state index in [1.165, 1.54) is 4.88 Å². The highest BCUT2D eigenvalue weighted by Gasteiger charge is 2.19. The van der Waals surface area contributed by atoms with E-state index in [-0.39, 0.29) is 0 Å². The van der Waals surface area contributed by atoms with Crippen LogP contribution in [-0.4, -0.2) is 25.2 Å². The molecule has 0 amide bonds. The quantitative estimate of drug-likeness (QED) is 0.934. The zero-order valence-electron chi connectivity index (χ0n) is 10.9. The molecule has 0 bridgehead atoms. The highest BCUT2D eigenvalue weighted by molar-refractivity contribution is 7.15. The Bertz CT molecular complexity index is 555. The minimum absolute atomic E-state index is 0.766. The largest absolute Gasteiger partial charge is 0.491 e. The van der Waals surface area contributed by atoms with E-state index in [4.69, 9.17) is 4.74 Å². The summed E-state index contributed by atoms with van der Waals surface area (Å²) < 4.78 is 5.78. The van der Waals surface area contributed by atoms with Crippen LogP contribution in [0.5, 0.6) is 5.75 Å². The maximum absolute atomic E-state index is 5.78. The Kier molecular flexibility index (Phi) is 3.66. The number of anilines is 2. The second kappa shape index (κ2) is 5.59. The molecule has 2 heterocycles. The molecular formula is C14H17N3OS. The molecule has 4 nitrogen and oxygen atoms in total. The molecule has 1 aromatic heterocycles. The van der Waals surface area contributed by atoms with Gasteiger partial charge >= 0.3 is 0 Å². The zero-order valence-corrected chi connectivity index (χ0v) is 11.7. The van der Waals surface area contributed by atoms with Crippen LogP contribution >= 0.6 is 11.3 Å². The van der Waals surface area contributed by atoms with Crippen LogP contribution in [-0.2, 0) is 6.54 Å². The van der Waals surface area contributed by atoms with Gasteiger partial charge in [-0.3, -0.25) is 0 Å². The molecule has 1 aliphatic rings. The molecule has 0 saturated carbocycles. The number of thiazole rings is 1. The number of hydrogen-bond acceptors (Lipinski definition) is 5. The summed E-state index contributed by atoms with van der Waals surface area (Å²) in [4.78, 5) is 8.05. The molecule has 0 saturated heterocycles. The molecule has 100 valence electrons.